The molecule has 0 atom stereocenters. The maximum atomic E-state index is 2.74. The van der Waals surface area contributed by atoms with Gasteiger partial charge in [0.05, 0.1) is 0 Å². The third-order valence-electron chi connectivity index (χ3n) is 23.1. The van der Waals surface area contributed by atoms with Crippen LogP contribution in [0.4, 0.5) is 0 Å². The Morgan fingerprint density at radius 1 is 0.231 bits per heavy atom. The Hall–Kier alpha value is -6.50. The van der Waals surface area contributed by atoms with Crippen molar-refractivity contribution < 1.29 is 0 Å². The van der Waals surface area contributed by atoms with Gasteiger partial charge in [-0.25, -0.2) is 0 Å². The van der Waals surface area contributed by atoms with Crippen LogP contribution in [0.5, 0.6) is 0 Å². The normalized spacial score (nSPS) is 14.4. The van der Waals surface area contributed by atoms with Crippen molar-refractivity contribution in [2.75, 3.05) is 0 Å². The van der Waals surface area contributed by atoms with Crippen LogP contribution in [0.2, 0.25) is 0 Å². The molecule has 0 radical (unpaired) electrons. The summed E-state index contributed by atoms with van der Waals surface area (Å²) < 4.78 is 0. The first-order valence-corrected chi connectivity index (χ1v) is 37.4. The minimum absolute atomic E-state index is 0.0546. The monoisotopic (exact) mass is 1200 g/mol. The molecule has 0 aromatic heterocycles. The van der Waals surface area contributed by atoms with Gasteiger partial charge in [0, 0.05) is 16.2 Å². The summed E-state index contributed by atoms with van der Waals surface area (Å²) in [6.07, 6.45) is 38.1. The number of hydrogen-bond acceptors (Lipinski definition) is 0. The van der Waals surface area contributed by atoms with Crippen molar-refractivity contribution in [2.24, 2.45) is 0 Å². The molecule has 0 nitrogen and oxygen atoms in total. The van der Waals surface area contributed by atoms with E-state index in [1.54, 1.807) is 33.4 Å². The average Bonchev–Trinajstić information content (AvgIpc) is 1.61. The standard InChI is InChI=1S/C91H110/c1-9-15-21-31-53-89(54-32-22-16-10-2)82-59-65(7)41-47-74(82)75-48-42-67(60-83(75)89)68-43-49-76-77-50-44-69(62-85(77)90(84(76)61-68,55-33-23-17-11-3)56-34-24-18-12-4)70-45-51-78-79-52-46-71(88-80-39-29-27-37-72(80)66(8)73-38-28-30-40-81(73)88)64-87(79)91(86(78)63-70,57-35-25-19-13-5)58-36-26-20-14-6/h27-30,37-52,59-64H,9-26,31-36,53-58H2,1-8H3. The van der Waals surface area contributed by atoms with Crippen LogP contribution in [0.3, 0.4) is 0 Å². The molecule has 0 spiro atoms. The van der Waals surface area contributed by atoms with Gasteiger partial charge in [-0.1, -0.05) is 329 Å². The molecular weight excluding hydrogens is 1090 g/mol. The van der Waals surface area contributed by atoms with E-state index in [4.69, 9.17) is 0 Å². The van der Waals surface area contributed by atoms with Crippen molar-refractivity contribution in [1.29, 1.82) is 0 Å². The summed E-state index contributed by atoms with van der Waals surface area (Å²) in [6, 6.07) is 64.8. The fourth-order valence-electron chi connectivity index (χ4n) is 18.2. The molecule has 0 aliphatic heterocycles. The van der Waals surface area contributed by atoms with E-state index in [1.807, 2.05) is 0 Å². The fourth-order valence-corrected chi connectivity index (χ4v) is 18.2. The van der Waals surface area contributed by atoms with Gasteiger partial charge in [0.1, 0.15) is 0 Å². The summed E-state index contributed by atoms with van der Waals surface area (Å²) in [5.41, 5.74) is 29.5. The quantitative estimate of drug-likeness (QED) is 0.0284. The van der Waals surface area contributed by atoms with E-state index < -0.39 is 0 Å². The van der Waals surface area contributed by atoms with E-state index in [-0.39, 0.29) is 16.2 Å². The van der Waals surface area contributed by atoms with Gasteiger partial charge in [-0.3, -0.25) is 0 Å². The number of aryl methyl sites for hydroxylation is 2. The van der Waals surface area contributed by atoms with Crippen LogP contribution < -0.4 is 0 Å². The maximum absolute atomic E-state index is 2.74. The molecule has 12 rings (SSSR count). The van der Waals surface area contributed by atoms with Gasteiger partial charge in [-0.05, 0) is 210 Å². The smallest absolute Gasteiger partial charge is 0.0215 e. The highest BCUT2D eigenvalue weighted by molar-refractivity contribution is 6.15. The van der Waals surface area contributed by atoms with Crippen molar-refractivity contribution in [3.8, 4) is 66.8 Å². The summed E-state index contributed by atoms with van der Waals surface area (Å²) in [5.74, 6) is 0. The largest absolute Gasteiger partial charge is 0.0654 e. The molecule has 9 aromatic carbocycles. The lowest BCUT2D eigenvalue weighted by molar-refractivity contribution is 0.400. The SMILES string of the molecule is CCCCCCC1(CCCCCC)c2cc(C)ccc2-c2ccc(-c3ccc4c(c3)C(CCCCCC)(CCCCCC)c3cc(-c5ccc6c(c5)C(CCCCCC)(CCCCCC)c5cc(-c7c8ccccc8c(C)c8ccccc78)ccc5-6)ccc3-4)cc21. The van der Waals surface area contributed by atoms with E-state index in [9.17, 15) is 0 Å². The number of hydrogen-bond donors (Lipinski definition) is 0. The fraction of sp³-hybridized carbons (Fsp3) is 0.451. The van der Waals surface area contributed by atoms with E-state index in [0.29, 0.717) is 0 Å². The Bertz CT molecular complexity index is 3870. The molecule has 0 bridgehead atoms. The molecule has 0 unspecified atom stereocenters. The van der Waals surface area contributed by atoms with E-state index in [1.165, 1.54) is 292 Å². The molecule has 91 heavy (non-hydrogen) atoms. The maximum Gasteiger partial charge on any atom is 0.0215 e. The lowest BCUT2D eigenvalue weighted by Crippen LogP contribution is -2.26. The summed E-state index contributed by atoms with van der Waals surface area (Å²) >= 11 is 0. The molecule has 0 heteroatoms. The van der Waals surface area contributed by atoms with Crippen LogP contribution in [0.25, 0.3) is 88.3 Å². The molecule has 0 saturated carbocycles. The van der Waals surface area contributed by atoms with Crippen LogP contribution in [-0.2, 0) is 16.2 Å². The third-order valence-corrected chi connectivity index (χ3v) is 23.1. The lowest BCUT2D eigenvalue weighted by atomic mass is 9.69. The minimum atomic E-state index is -0.0663. The van der Waals surface area contributed by atoms with E-state index in [0.717, 1.165) is 0 Å². The molecule has 0 saturated heterocycles. The Morgan fingerprint density at radius 2 is 0.473 bits per heavy atom. The summed E-state index contributed by atoms with van der Waals surface area (Å²) in [7, 11) is 0. The Labute approximate surface area is 551 Å². The molecule has 0 amide bonds. The zero-order valence-corrected chi connectivity index (χ0v) is 57.7. The first-order chi connectivity index (χ1) is 44.7. The Kier molecular flexibility index (Phi) is 20.7. The molecule has 3 aliphatic rings. The van der Waals surface area contributed by atoms with E-state index in [2.05, 4.69) is 213 Å². The average molecular weight is 1200 g/mol. The first kappa shape index (κ1) is 64.6. The van der Waals surface area contributed by atoms with Crippen molar-refractivity contribution in [3.05, 3.63) is 202 Å². The molecule has 3 aliphatic carbocycles. The zero-order valence-electron chi connectivity index (χ0n) is 57.7. The number of benzene rings is 9. The number of rotatable bonds is 33. The van der Waals surface area contributed by atoms with Crippen LogP contribution in [0.1, 0.15) is 279 Å². The summed E-state index contributed by atoms with van der Waals surface area (Å²) in [6.45, 7) is 18.9. The second kappa shape index (κ2) is 29.2. The molecule has 9 aromatic rings. The molecule has 0 heterocycles. The van der Waals surface area contributed by atoms with Gasteiger partial charge in [0.25, 0.3) is 0 Å². The van der Waals surface area contributed by atoms with Crippen LogP contribution in [0.15, 0.2) is 158 Å². The van der Waals surface area contributed by atoms with Crippen molar-refractivity contribution in [2.45, 2.75) is 264 Å². The van der Waals surface area contributed by atoms with Gasteiger partial charge in [0.15, 0.2) is 0 Å². The van der Waals surface area contributed by atoms with Gasteiger partial charge in [-0.15, -0.1) is 0 Å². The number of unbranched alkanes of at least 4 members (excludes halogenated alkanes) is 18. The Morgan fingerprint density at radius 3 is 0.758 bits per heavy atom. The van der Waals surface area contributed by atoms with Crippen LogP contribution in [0, 0.1) is 13.8 Å². The second-order valence-corrected chi connectivity index (χ2v) is 29.1. The summed E-state index contributed by atoms with van der Waals surface area (Å²) in [4.78, 5) is 0. The van der Waals surface area contributed by atoms with Gasteiger partial charge >= 0.3 is 0 Å². The van der Waals surface area contributed by atoms with Gasteiger partial charge < -0.3 is 0 Å². The summed E-state index contributed by atoms with van der Waals surface area (Å²) in [5, 5.41) is 5.45. The topological polar surface area (TPSA) is 0 Å². The van der Waals surface area contributed by atoms with Crippen LogP contribution >= 0.6 is 0 Å². The third kappa shape index (κ3) is 12.4. The minimum Gasteiger partial charge on any atom is -0.0654 e. The lowest BCUT2D eigenvalue weighted by Gasteiger charge is -2.34. The predicted molar refractivity (Wildman–Crippen MR) is 398 cm³/mol. The van der Waals surface area contributed by atoms with Crippen molar-refractivity contribution in [1.82, 2.24) is 0 Å². The Balaban J connectivity index is 0.986. The van der Waals surface area contributed by atoms with Gasteiger partial charge in [0.2, 0.25) is 0 Å². The predicted octanol–water partition coefficient (Wildman–Crippen LogP) is 28.2. The number of fused-ring (bicyclic) bond motifs is 11. The second-order valence-electron chi connectivity index (χ2n) is 29.1. The molecular formula is C91H110. The molecule has 474 valence electrons. The first-order valence-electron chi connectivity index (χ1n) is 37.4. The highest BCUT2D eigenvalue weighted by atomic mass is 14.5. The molecule has 0 N–H and O–H groups in total. The highest BCUT2D eigenvalue weighted by Gasteiger charge is 2.46. The van der Waals surface area contributed by atoms with Gasteiger partial charge in [-0.2, -0.15) is 0 Å². The highest BCUT2D eigenvalue weighted by Crippen LogP contribution is 2.60. The van der Waals surface area contributed by atoms with Crippen molar-refractivity contribution in [3.63, 3.8) is 0 Å². The molecule has 0 fully saturated rings. The van der Waals surface area contributed by atoms with Crippen molar-refractivity contribution >= 4 is 21.5 Å². The van der Waals surface area contributed by atoms with E-state index >= 15 is 0 Å². The van der Waals surface area contributed by atoms with Crippen LogP contribution in [-0.4, -0.2) is 0 Å². The zero-order chi connectivity index (χ0) is 63.0.